The molecule has 18 heavy (non-hydrogen) atoms. The minimum atomic E-state index is -0.592. The second-order valence-corrected chi connectivity index (χ2v) is 4.95. The third-order valence-corrected chi connectivity index (χ3v) is 2.22. The quantitative estimate of drug-likeness (QED) is 0.398. The van der Waals surface area contributed by atoms with E-state index in [2.05, 4.69) is 13.2 Å². The molecule has 0 saturated carbocycles. The molecule has 0 atom stereocenters. The van der Waals surface area contributed by atoms with E-state index in [1.165, 1.54) is 0 Å². The van der Waals surface area contributed by atoms with Crippen molar-refractivity contribution in [3.05, 3.63) is 24.3 Å². The summed E-state index contributed by atoms with van der Waals surface area (Å²) in [6, 6.07) is 0. The first-order valence-corrected chi connectivity index (χ1v) is 5.87. The number of hydrogen-bond donors (Lipinski definition) is 0. The Morgan fingerprint density at radius 1 is 1.06 bits per heavy atom. The largest absolute Gasteiger partial charge is 0.462 e. The molecule has 0 saturated heterocycles. The summed E-state index contributed by atoms with van der Waals surface area (Å²) in [5, 5.41) is 0. The summed E-state index contributed by atoms with van der Waals surface area (Å²) in [5.41, 5.74) is 0.158. The van der Waals surface area contributed by atoms with Gasteiger partial charge in [-0.15, -0.1) is 0 Å². The molecule has 0 heterocycles. The van der Waals surface area contributed by atoms with Gasteiger partial charge in [0, 0.05) is 11.1 Å². The van der Waals surface area contributed by atoms with E-state index in [1.54, 1.807) is 13.8 Å². The molecule has 0 rings (SSSR count). The monoisotopic (exact) mass is 254 g/mol. The van der Waals surface area contributed by atoms with Crippen LogP contribution in [0.15, 0.2) is 24.3 Å². The normalized spacial score (nSPS) is 10.7. The molecular formula is C14H22O4. The summed E-state index contributed by atoms with van der Waals surface area (Å²) < 4.78 is 10.2. The molecule has 0 unspecified atom stereocenters. The van der Waals surface area contributed by atoms with Crippen LogP contribution in [0, 0.1) is 0 Å². The highest BCUT2D eigenvalue weighted by atomic mass is 16.6. The summed E-state index contributed by atoms with van der Waals surface area (Å²) in [6.07, 6.45) is 1.23. The third-order valence-electron chi connectivity index (χ3n) is 2.22. The number of carbonyl (C=O) groups is 2. The maximum absolute atomic E-state index is 11.4. The Balaban J connectivity index is 3.98. The Morgan fingerprint density at radius 3 is 2.00 bits per heavy atom. The topological polar surface area (TPSA) is 52.6 Å². The van der Waals surface area contributed by atoms with Crippen LogP contribution in [0.4, 0.5) is 0 Å². The average molecular weight is 254 g/mol. The minimum Gasteiger partial charge on any atom is -0.462 e. The molecule has 0 N–H and O–H groups in total. The van der Waals surface area contributed by atoms with E-state index in [0.29, 0.717) is 30.6 Å². The van der Waals surface area contributed by atoms with Gasteiger partial charge in [0.15, 0.2) is 0 Å². The van der Waals surface area contributed by atoms with Gasteiger partial charge in [-0.1, -0.05) is 13.2 Å². The van der Waals surface area contributed by atoms with Gasteiger partial charge in [0.1, 0.15) is 5.60 Å². The van der Waals surface area contributed by atoms with Crippen LogP contribution >= 0.6 is 0 Å². The van der Waals surface area contributed by atoms with Crippen molar-refractivity contribution in [2.24, 2.45) is 0 Å². The maximum atomic E-state index is 11.4. The molecule has 4 heteroatoms. The molecule has 4 nitrogen and oxygen atoms in total. The lowest BCUT2D eigenvalue weighted by Crippen LogP contribution is -2.28. The number of rotatable bonds is 7. The zero-order valence-corrected chi connectivity index (χ0v) is 11.7. The summed E-state index contributed by atoms with van der Waals surface area (Å²) >= 11 is 0. The van der Waals surface area contributed by atoms with Gasteiger partial charge in [0.25, 0.3) is 0 Å². The zero-order chi connectivity index (χ0) is 14.3. The van der Waals surface area contributed by atoms with Crippen molar-refractivity contribution in [3.8, 4) is 0 Å². The lowest BCUT2D eigenvalue weighted by molar-refractivity contribution is -0.153. The first kappa shape index (κ1) is 16.4. The third kappa shape index (κ3) is 6.89. The van der Waals surface area contributed by atoms with Crippen LogP contribution in [0.5, 0.6) is 0 Å². The number of esters is 2. The van der Waals surface area contributed by atoms with Crippen LogP contribution in [0.1, 0.15) is 40.5 Å². The van der Waals surface area contributed by atoms with E-state index in [-0.39, 0.29) is 0 Å². The number of ether oxygens (including phenoxy) is 2. The molecule has 0 bridgehead atoms. The lowest BCUT2D eigenvalue weighted by atomic mass is 10.0. The molecule has 0 aliphatic heterocycles. The maximum Gasteiger partial charge on any atom is 0.333 e. The summed E-state index contributed by atoms with van der Waals surface area (Å²) in [6.45, 7) is 14.1. The fraction of sp³-hybridized carbons (Fsp3) is 0.571. The smallest absolute Gasteiger partial charge is 0.333 e. The molecule has 0 aliphatic carbocycles. The molecule has 0 amide bonds. The number of carbonyl (C=O) groups excluding carboxylic acids is 2. The first-order valence-electron chi connectivity index (χ1n) is 5.87. The fourth-order valence-electron chi connectivity index (χ4n) is 1.18. The Kier molecular flexibility index (Phi) is 6.37. The Bertz CT molecular complexity index is 353. The predicted molar refractivity (Wildman–Crippen MR) is 70.0 cm³/mol. The highest BCUT2D eigenvalue weighted by molar-refractivity contribution is 5.87. The van der Waals surface area contributed by atoms with E-state index in [0.717, 1.165) is 0 Å². The highest BCUT2D eigenvalue weighted by Gasteiger charge is 2.22. The van der Waals surface area contributed by atoms with Crippen molar-refractivity contribution in [1.29, 1.82) is 0 Å². The summed E-state index contributed by atoms with van der Waals surface area (Å²) in [7, 11) is 0. The number of hydrogen-bond acceptors (Lipinski definition) is 4. The predicted octanol–water partition coefficient (Wildman–Crippen LogP) is 2.78. The molecule has 0 aliphatic rings. The van der Waals surface area contributed by atoms with E-state index < -0.39 is 17.5 Å². The molecule has 0 aromatic heterocycles. The second kappa shape index (κ2) is 6.99. The van der Waals surface area contributed by atoms with Crippen LogP contribution in [0.2, 0.25) is 0 Å². The van der Waals surface area contributed by atoms with Gasteiger partial charge in [-0.2, -0.15) is 0 Å². The van der Waals surface area contributed by atoms with Crippen LogP contribution in [0.25, 0.3) is 0 Å². The van der Waals surface area contributed by atoms with E-state index in [9.17, 15) is 9.59 Å². The summed E-state index contributed by atoms with van der Waals surface area (Å²) in [4.78, 5) is 22.5. The summed E-state index contributed by atoms with van der Waals surface area (Å²) in [5.74, 6) is -0.800. The molecule has 0 aromatic rings. The van der Waals surface area contributed by atoms with Crippen molar-refractivity contribution >= 4 is 11.9 Å². The van der Waals surface area contributed by atoms with Gasteiger partial charge in [0.2, 0.25) is 0 Å². The van der Waals surface area contributed by atoms with E-state index >= 15 is 0 Å². The first-order chi connectivity index (χ1) is 8.15. The molecule has 0 radical (unpaired) electrons. The van der Waals surface area contributed by atoms with Crippen LogP contribution in [-0.4, -0.2) is 24.1 Å². The molecule has 0 spiro atoms. The second-order valence-electron chi connectivity index (χ2n) is 4.95. The molecule has 102 valence electrons. The van der Waals surface area contributed by atoms with E-state index in [1.807, 2.05) is 13.8 Å². The van der Waals surface area contributed by atoms with Crippen molar-refractivity contribution < 1.29 is 19.1 Å². The minimum absolute atomic E-state index is 0.291. The molecular weight excluding hydrogens is 232 g/mol. The highest BCUT2D eigenvalue weighted by Crippen LogP contribution is 2.18. The van der Waals surface area contributed by atoms with Crippen molar-refractivity contribution in [2.75, 3.05) is 6.61 Å². The zero-order valence-electron chi connectivity index (χ0n) is 11.7. The average Bonchev–Trinajstić information content (AvgIpc) is 2.23. The van der Waals surface area contributed by atoms with Gasteiger partial charge in [-0.3, -0.25) is 0 Å². The van der Waals surface area contributed by atoms with E-state index in [4.69, 9.17) is 9.47 Å². The fourth-order valence-corrected chi connectivity index (χ4v) is 1.18. The van der Waals surface area contributed by atoms with Gasteiger partial charge < -0.3 is 9.47 Å². The van der Waals surface area contributed by atoms with Gasteiger partial charge >= 0.3 is 11.9 Å². The van der Waals surface area contributed by atoms with Crippen molar-refractivity contribution in [1.82, 2.24) is 0 Å². The van der Waals surface area contributed by atoms with Crippen molar-refractivity contribution in [3.63, 3.8) is 0 Å². The van der Waals surface area contributed by atoms with Gasteiger partial charge in [-0.25, -0.2) is 9.59 Å². The SMILES string of the molecule is C=C(C)C(=O)OCCCC(C)(C)OC(=O)C(=C)C. The molecule has 0 fully saturated rings. The molecule has 0 aromatic carbocycles. The Morgan fingerprint density at radius 2 is 1.56 bits per heavy atom. The lowest BCUT2D eigenvalue weighted by Gasteiger charge is -2.25. The van der Waals surface area contributed by atoms with Crippen LogP contribution in [-0.2, 0) is 19.1 Å². The van der Waals surface area contributed by atoms with Crippen molar-refractivity contribution in [2.45, 2.75) is 46.1 Å². The van der Waals surface area contributed by atoms with Crippen LogP contribution < -0.4 is 0 Å². The van der Waals surface area contributed by atoms with Gasteiger partial charge in [0.05, 0.1) is 6.61 Å². The Hall–Kier alpha value is -1.58. The standard InChI is InChI=1S/C14H22O4/c1-10(2)12(15)17-9-7-8-14(5,6)18-13(16)11(3)4/h1,3,7-9H2,2,4-6H3. The Labute approximate surface area is 109 Å². The van der Waals surface area contributed by atoms with Crippen LogP contribution in [0.3, 0.4) is 0 Å². The van der Waals surface area contributed by atoms with Gasteiger partial charge in [-0.05, 0) is 40.5 Å².